The maximum Gasteiger partial charge on any atom is 0.0547 e. The van der Waals surface area contributed by atoms with Gasteiger partial charge in [0.25, 0.3) is 0 Å². The summed E-state index contributed by atoms with van der Waals surface area (Å²) in [6.07, 6.45) is 0. The molecule has 286 valence electrons. The maximum absolute atomic E-state index is 2.40. The van der Waals surface area contributed by atoms with E-state index >= 15 is 0 Å². The number of anilines is 3. The summed E-state index contributed by atoms with van der Waals surface area (Å²) in [6.45, 7) is 0. The van der Waals surface area contributed by atoms with E-state index in [-0.39, 0.29) is 0 Å². The van der Waals surface area contributed by atoms with Crippen molar-refractivity contribution in [3.63, 3.8) is 0 Å². The van der Waals surface area contributed by atoms with Gasteiger partial charge in [0, 0.05) is 53.7 Å². The van der Waals surface area contributed by atoms with Crippen molar-refractivity contribution in [3.05, 3.63) is 231 Å². The summed E-state index contributed by atoms with van der Waals surface area (Å²) in [7, 11) is 0. The zero-order valence-electron chi connectivity index (χ0n) is 33.2. The first-order valence-electron chi connectivity index (χ1n) is 20.8. The van der Waals surface area contributed by atoms with E-state index in [9.17, 15) is 0 Å². The minimum atomic E-state index is 1.10. The Balaban J connectivity index is 0.903. The van der Waals surface area contributed by atoms with E-state index < -0.39 is 0 Å². The van der Waals surface area contributed by atoms with Gasteiger partial charge in [0.15, 0.2) is 0 Å². The normalized spacial score (nSPS) is 11.6. The first-order chi connectivity index (χ1) is 30.2. The van der Waals surface area contributed by atoms with Crippen LogP contribution in [0.3, 0.4) is 0 Å². The summed E-state index contributed by atoms with van der Waals surface area (Å²) in [5, 5.41) is 7.70. The summed E-state index contributed by atoms with van der Waals surface area (Å²) in [4.78, 5) is 2.36. The summed E-state index contributed by atoms with van der Waals surface area (Å²) in [5.41, 5.74) is 14.1. The first kappa shape index (κ1) is 35.2. The Labute approximate surface area is 358 Å². The van der Waals surface area contributed by atoms with Crippen molar-refractivity contribution >= 4 is 81.1 Å². The Kier molecular flexibility index (Phi) is 8.39. The monoisotopic (exact) mass is 794 g/mol. The molecule has 0 radical (unpaired) electrons. The van der Waals surface area contributed by atoms with Crippen molar-refractivity contribution in [3.8, 4) is 39.1 Å². The first-order valence-corrected chi connectivity index (χ1v) is 21.6. The molecule has 0 unspecified atom stereocenters. The molecule has 0 aliphatic heterocycles. The average molecular weight is 795 g/mol. The largest absolute Gasteiger partial charge is 0.311 e. The zero-order chi connectivity index (χ0) is 40.3. The molecule has 12 aromatic rings. The highest BCUT2D eigenvalue weighted by Crippen LogP contribution is 2.42. The molecular formula is C58H38N2S. The Hall–Kier alpha value is -7.72. The van der Waals surface area contributed by atoms with Gasteiger partial charge in [-0.3, -0.25) is 0 Å². The molecule has 12 rings (SSSR count). The summed E-state index contributed by atoms with van der Waals surface area (Å²) in [5.74, 6) is 0. The molecule has 61 heavy (non-hydrogen) atoms. The van der Waals surface area contributed by atoms with Crippen LogP contribution in [0.25, 0.3) is 91.8 Å². The third kappa shape index (κ3) is 6.09. The van der Waals surface area contributed by atoms with Crippen molar-refractivity contribution < 1.29 is 0 Å². The predicted octanol–water partition coefficient (Wildman–Crippen LogP) is 16.8. The van der Waals surface area contributed by atoms with E-state index in [1.807, 2.05) is 11.3 Å². The quantitative estimate of drug-likeness (QED) is 0.156. The number of benzene rings is 10. The number of thiophene rings is 1. The number of aromatic nitrogens is 1. The fourth-order valence-corrected chi connectivity index (χ4v) is 10.4. The molecule has 10 aromatic carbocycles. The van der Waals surface area contributed by atoms with E-state index in [4.69, 9.17) is 0 Å². The molecule has 0 atom stereocenters. The van der Waals surface area contributed by atoms with Gasteiger partial charge in [0.1, 0.15) is 0 Å². The Morgan fingerprint density at radius 1 is 0.328 bits per heavy atom. The van der Waals surface area contributed by atoms with Crippen LogP contribution in [0.4, 0.5) is 17.1 Å². The minimum Gasteiger partial charge on any atom is -0.311 e. The number of para-hydroxylation sites is 1. The molecule has 0 saturated carbocycles. The lowest BCUT2D eigenvalue weighted by Gasteiger charge is -2.26. The highest BCUT2D eigenvalue weighted by molar-refractivity contribution is 7.25. The number of nitrogens with zero attached hydrogens (tertiary/aromatic N) is 2. The topological polar surface area (TPSA) is 8.17 Å². The molecule has 0 N–H and O–H groups in total. The van der Waals surface area contributed by atoms with Crippen LogP contribution < -0.4 is 4.90 Å². The van der Waals surface area contributed by atoms with Crippen LogP contribution in [0.1, 0.15) is 0 Å². The molecular weight excluding hydrogens is 757 g/mol. The van der Waals surface area contributed by atoms with Gasteiger partial charge < -0.3 is 9.47 Å². The SMILES string of the molecule is c1ccc(-c2ccc(N(c3ccc(-c4ccc(-n5c6ccccc6c6cc7ccccc7cc65)cc4)cc3)c3ccc(-c4cccc5sc6ccccc6c45)cc3)cc2)cc1. The van der Waals surface area contributed by atoms with Crippen molar-refractivity contribution in [2.75, 3.05) is 4.90 Å². The van der Waals surface area contributed by atoms with E-state index in [0.29, 0.717) is 0 Å². The van der Waals surface area contributed by atoms with Gasteiger partial charge in [-0.2, -0.15) is 0 Å². The van der Waals surface area contributed by atoms with Crippen molar-refractivity contribution in [2.45, 2.75) is 0 Å². The average Bonchev–Trinajstić information content (AvgIpc) is 3.87. The van der Waals surface area contributed by atoms with E-state index in [2.05, 4.69) is 240 Å². The van der Waals surface area contributed by atoms with Crippen LogP contribution in [-0.4, -0.2) is 4.57 Å². The molecule has 0 amide bonds. The lowest BCUT2D eigenvalue weighted by molar-refractivity contribution is 1.18. The number of rotatable bonds is 7. The fraction of sp³-hybridized carbons (Fsp3) is 0. The lowest BCUT2D eigenvalue weighted by Crippen LogP contribution is -2.09. The summed E-state index contributed by atoms with van der Waals surface area (Å²) in [6, 6.07) is 84.1. The number of hydrogen-bond donors (Lipinski definition) is 0. The molecule has 3 heteroatoms. The van der Waals surface area contributed by atoms with Gasteiger partial charge in [-0.15, -0.1) is 11.3 Å². The molecule has 2 heterocycles. The van der Waals surface area contributed by atoms with Crippen LogP contribution in [-0.2, 0) is 0 Å². The molecule has 0 spiro atoms. The Morgan fingerprint density at radius 3 is 1.51 bits per heavy atom. The molecule has 0 bridgehead atoms. The van der Waals surface area contributed by atoms with Gasteiger partial charge in [0.2, 0.25) is 0 Å². The minimum absolute atomic E-state index is 1.10. The fourth-order valence-electron chi connectivity index (χ4n) is 9.23. The summed E-state index contributed by atoms with van der Waals surface area (Å²) >= 11 is 1.86. The van der Waals surface area contributed by atoms with E-state index in [1.165, 1.54) is 86.1 Å². The zero-order valence-corrected chi connectivity index (χ0v) is 34.1. The van der Waals surface area contributed by atoms with Crippen molar-refractivity contribution in [1.82, 2.24) is 4.57 Å². The second-order valence-corrected chi connectivity index (χ2v) is 16.8. The Morgan fingerprint density at radius 2 is 0.836 bits per heavy atom. The molecule has 0 aliphatic rings. The second kappa shape index (κ2) is 14.5. The van der Waals surface area contributed by atoms with Crippen LogP contribution in [0.5, 0.6) is 0 Å². The molecule has 2 nitrogen and oxygen atoms in total. The Bertz CT molecular complexity index is 3540. The summed E-state index contributed by atoms with van der Waals surface area (Å²) < 4.78 is 5.04. The second-order valence-electron chi connectivity index (χ2n) is 15.7. The van der Waals surface area contributed by atoms with Crippen molar-refractivity contribution in [1.29, 1.82) is 0 Å². The smallest absolute Gasteiger partial charge is 0.0547 e. The van der Waals surface area contributed by atoms with Crippen LogP contribution in [0, 0.1) is 0 Å². The van der Waals surface area contributed by atoms with E-state index in [0.717, 1.165) is 22.7 Å². The number of hydrogen-bond acceptors (Lipinski definition) is 2. The molecule has 0 fully saturated rings. The highest BCUT2D eigenvalue weighted by atomic mass is 32.1. The molecule has 0 aliphatic carbocycles. The van der Waals surface area contributed by atoms with Crippen LogP contribution >= 0.6 is 11.3 Å². The third-order valence-corrected chi connectivity index (χ3v) is 13.3. The lowest BCUT2D eigenvalue weighted by atomic mass is 9.99. The maximum atomic E-state index is 2.40. The third-order valence-electron chi connectivity index (χ3n) is 12.2. The van der Waals surface area contributed by atoms with Gasteiger partial charge >= 0.3 is 0 Å². The predicted molar refractivity (Wildman–Crippen MR) is 262 cm³/mol. The van der Waals surface area contributed by atoms with Crippen LogP contribution in [0.15, 0.2) is 231 Å². The van der Waals surface area contributed by atoms with Crippen molar-refractivity contribution in [2.24, 2.45) is 0 Å². The standard InChI is InChI=1S/C58H38N2S/c1-2-11-39(12-3-1)40-21-29-46(30-22-40)59(48-35-27-43(28-36-48)50-17-10-20-57-58(50)52-16-7-9-19-56(52)61-57)47-31-23-41(24-32-47)42-25-33-49(34-26-42)60-54-18-8-6-15-51(54)53-37-44-13-4-5-14-45(44)38-55(53)60/h1-38H. The van der Waals surface area contributed by atoms with Crippen LogP contribution in [0.2, 0.25) is 0 Å². The van der Waals surface area contributed by atoms with Gasteiger partial charge in [-0.25, -0.2) is 0 Å². The number of fused-ring (bicyclic) bond motifs is 7. The highest BCUT2D eigenvalue weighted by Gasteiger charge is 2.17. The molecule has 0 saturated heterocycles. The van der Waals surface area contributed by atoms with Gasteiger partial charge in [-0.1, -0.05) is 152 Å². The van der Waals surface area contributed by atoms with Gasteiger partial charge in [0.05, 0.1) is 11.0 Å². The van der Waals surface area contributed by atoms with Gasteiger partial charge in [-0.05, 0) is 123 Å². The molecule has 2 aromatic heterocycles. The van der Waals surface area contributed by atoms with E-state index in [1.54, 1.807) is 0 Å².